The Balaban J connectivity index is 1.94. The maximum atomic E-state index is 10.2. The molecule has 1 aliphatic rings. The molecule has 2 heteroatoms. The van der Waals surface area contributed by atoms with Gasteiger partial charge in [-0.15, -0.1) is 0 Å². The van der Waals surface area contributed by atoms with Crippen molar-refractivity contribution in [3.05, 3.63) is 29.8 Å². The van der Waals surface area contributed by atoms with Gasteiger partial charge < -0.3 is 9.84 Å². The van der Waals surface area contributed by atoms with E-state index < -0.39 is 5.60 Å². The van der Waals surface area contributed by atoms with Crippen molar-refractivity contribution in [2.45, 2.75) is 64.1 Å². The van der Waals surface area contributed by atoms with Crippen LogP contribution in [0.5, 0.6) is 5.75 Å². The normalized spacial score (nSPS) is 27.4. The second-order valence-corrected chi connectivity index (χ2v) is 5.60. The van der Waals surface area contributed by atoms with Gasteiger partial charge in [0, 0.05) is 0 Å². The van der Waals surface area contributed by atoms with Crippen LogP contribution in [-0.4, -0.2) is 16.8 Å². The quantitative estimate of drug-likeness (QED) is 0.860. The highest BCUT2D eigenvalue weighted by atomic mass is 16.5. The van der Waals surface area contributed by atoms with Gasteiger partial charge in [-0.1, -0.05) is 25.5 Å². The van der Waals surface area contributed by atoms with Gasteiger partial charge >= 0.3 is 0 Å². The molecule has 1 aromatic carbocycles. The van der Waals surface area contributed by atoms with E-state index in [0.717, 1.165) is 31.4 Å². The predicted molar refractivity (Wildman–Crippen MR) is 73.9 cm³/mol. The van der Waals surface area contributed by atoms with Crippen LogP contribution >= 0.6 is 0 Å². The molecule has 1 fully saturated rings. The Morgan fingerprint density at radius 2 is 2.06 bits per heavy atom. The molecule has 0 aliphatic heterocycles. The van der Waals surface area contributed by atoms with Crippen molar-refractivity contribution in [1.29, 1.82) is 0 Å². The van der Waals surface area contributed by atoms with Crippen molar-refractivity contribution >= 4 is 0 Å². The Morgan fingerprint density at radius 3 is 2.61 bits per heavy atom. The van der Waals surface area contributed by atoms with E-state index >= 15 is 0 Å². The van der Waals surface area contributed by atoms with Gasteiger partial charge in [-0.05, 0) is 56.7 Å². The molecule has 0 aromatic heterocycles. The lowest BCUT2D eigenvalue weighted by molar-refractivity contribution is -0.0252. The molecule has 100 valence electrons. The molecule has 2 rings (SSSR count). The summed E-state index contributed by atoms with van der Waals surface area (Å²) in [6.07, 6.45) is 6.38. The molecule has 0 bridgehead atoms. The molecule has 1 aromatic rings. The van der Waals surface area contributed by atoms with E-state index in [2.05, 4.69) is 19.1 Å². The van der Waals surface area contributed by atoms with Gasteiger partial charge in [0.05, 0.1) is 5.60 Å². The molecule has 1 aliphatic carbocycles. The van der Waals surface area contributed by atoms with E-state index in [9.17, 15) is 5.11 Å². The lowest BCUT2D eigenvalue weighted by Gasteiger charge is -2.26. The molecule has 1 N–H and O–H groups in total. The van der Waals surface area contributed by atoms with Crippen LogP contribution in [0, 0.1) is 0 Å². The van der Waals surface area contributed by atoms with E-state index in [1.54, 1.807) is 0 Å². The summed E-state index contributed by atoms with van der Waals surface area (Å²) in [5, 5.41) is 10.2. The van der Waals surface area contributed by atoms with Crippen LogP contribution in [0.1, 0.15) is 51.5 Å². The Bertz CT molecular complexity index is 367. The van der Waals surface area contributed by atoms with Crippen molar-refractivity contribution in [3.63, 3.8) is 0 Å². The minimum Gasteiger partial charge on any atom is -0.487 e. The van der Waals surface area contributed by atoms with Gasteiger partial charge in [0.25, 0.3) is 0 Å². The zero-order chi connectivity index (χ0) is 13.0. The summed E-state index contributed by atoms with van der Waals surface area (Å²) in [4.78, 5) is 0. The van der Waals surface area contributed by atoms with Crippen molar-refractivity contribution in [1.82, 2.24) is 0 Å². The first-order chi connectivity index (χ1) is 8.62. The van der Waals surface area contributed by atoms with E-state index in [4.69, 9.17) is 4.74 Å². The van der Waals surface area contributed by atoms with Gasteiger partial charge in [-0.2, -0.15) is 0 Å². The van der Waals surface area contributed by atoms with E-state index in [1.807, 2.05) is 19.1 Å². The third kappa shape index (κ3) is 3.26. The van der Waals surface area contributed by atoms with Crippen LogP contribution in [0.4, 0.5) is 0 Å². The molecule has 0 saturated heterocycles. The Morgan fingerprint density at radius 1 is 1.33 bits per heavy atom. The number of aryl methyl sites for hydroxylation is 1. The van der Waals surface area contributed by atoms with Crippen LogP contribution in [0.25, 0.3) is 0 Å². The first-order valence-electron chi connectivity index (χ1n) is 7.10. The summed E-state index contributed by atoms with van der Waals surface area (Å²) < 4.78 is 5.90. The molecule has 0 radical (unpaired) electrons. The van der Waals surface area contributed by atoms with Crippen LogP contribution in [0.2, 0.25) is 0 Å². The second-order valence-electron chi connectivity index (χ2n) is 5.60. The summed E-state index contributed by atoms with van der Waals surface area (Å²) in [6, 6.07) is 8.32. The SMILES string of the molecule is CCCCc1ccc(OC2CCCC2(C)O)cc1. The van der Waals surface area contributed by atoms with E-state index in [1.165, 1.54) is 18.4 Å². The third-order valence-electron chi connectivity index (χ3n) is 3.86. The Kier molecular flexibility index (Phi) is 4.28. The summed E-state index contributed by atoms with van der Waals surface area (Å²) in [6.45, 7) is 4.08. The van der Waals surface area contributed by atoms with Crippen LogP contribution < -0.4 is 4.74 Å². The minimum atomic E-state index is -0.666. The molecule has 18 heavy (non-hydrogen) atoms. The van der Waals surface area contributed by atoms with E-state index in [-0.39, 0.29) is 6.10 Å². The minimum absolute atomic E-state index is 0.0565. The monoisotopic (exact) mass is 248 g/mol. The second kappa shape index (κ2) is 5.75. The van der Waals surface area contributed by atoms with Gasteiger partial charge in [0.2, 0.25) is 0 Å². The van der Waals surface area contributed by atoms with Crippen molar-refractivity contribution in [2.24, 2.45) is 0 Å². The van der Waals surface area contributed by atoms with Crippen LogP contribution in [0.3, 0.4) is 0 Å². The third-order valence-corrected chi connectivity index (χ3v) is 3.86. The zero-order valence-corrected chi connectivity index (χ0v) is 11.5. The molecular formula is C16H24O2. The molecule has 1 saturated carbocycles. The first-order valence-corrected chi connectivity index (χ1v) is 7.10. The molecule has 2 atom stereocenters. The van der Waals surface area contributed by atoms with Gasteiger partial charge in [0.15, 0.2) is 0 Å². The maximum Gasteiger partial charge on any atom is 0.127 e. The zero-order valence-electron chi connectivity index (χ0n) is 11.5. The topological polar surface area (TPSA) is 29.5 Å². The largest absolute Gasteiger partial charge is 0.487 e. The van der Waals surface area contributed by atoms with E-state index in [0.29, 0.717) is 0 Å². The fourth-order valence-electron chi connectivity index (χ4n) is 2.58. The lowest BCUT2D eigenvalue weighted by Crippen LogP contribution is -2.37. The highest BCUT2D eigenvalue weighted by Gasteiger charge is 2.38. The highest BCUT2D eigenvalue weighted by molar-refractivity contribution is 5.28. The van der Waals surface area contributed by atoms with Crippen LogP contribution in [0.15, 0.2) is 24.3 Å². The summed E-state index contributed by atoms with van der Waals surface area (Å²) in [5.41, 5.74) is 0.698. The number of unbranched alkanes of at least 4 members (excludes halogenated alkanes) is 1. The summed E-state index contributed by atoms with van der Waals surface area (Å²) in [7, 11) is 0. The molecule has 2 unspecified atom stereocenters. The fraction of sp³-hybridized carbons (Fsp3) is 0.625. The summed E-state index contributed by atoms with van der Waals surface area (Å²) >= 11 is 0. The fourth-order valence-corrected chi connectivity index (χ4v) is 2.58. The van der Waals surface area contributed by atoms with Gasteiger partial charge in [0.1, 0.15) is 11.9 Å². The summed E-state index contributed by atoms with van der Waals surface area (Å²) in [5.74, 6) is 0.877. The molecular weight excluding hydrogens is 224 g/mol. The van der Waals surface area contributed by atoms with Crippen molar-refractivity contribution in [2.75, 3.05) is 0 Å². The van der Waals surface area contributed by atoms with Crippen molar-refractivity contribution < 1.29 is 9.84 Å². The van der Waals surface area contributed by atoms with Gasteiger partial charge in [-0.25, -0.2) is 0 Å². The molecule has 2 nitrogen and oxygen atoms in total. The van der Waals surface area contributed by atoms with Gasteiger partial charge in [-0.3, -0.25) is 0 Å². The number of ether oxygens (including phenoxy) is 1. The molecule has 0 amide bonds. The standard InChI is InChI=1S/C16H24O2/c1-3-4-6-13-8-10-14(11-9-13)18-15-7-5-12-16(15,2)17/h8-11,15,17H,3-7,12H2,1-2H3. The first kappa shape index (κ1) is 13.4. The average Bonchev–Trinajstić information content (AvgIpc) is 2.68. The highest BCUT2D eigenvalue weighted by Crippen LogP contribution is 2.32. The Labute approximate surface area is 110 Å². The number of benzene rings is 1. The maximum absolute atomic E-state index is 10.2. The van der Waals surface area contributed by atoms with Crippen molar-refractivity contribution in [3.8, 4) is 5.75 Å². The number of aliphatic hydroxyl groups is 1. The molecule has 0 spiro atoms. The average molecular weight is 248 g/mol. The molecule has 0 heterocycles. The predicted octanol–water partition coefficient (Wildman–Crippen LogP) is 3.71. The number of rotatable bonds is 5. The number of hydrogen-bond donors (Lipinski definition) is 1. The van der Waals surface area contributed by atoms with Crippen LogP contribution in [-0.2, 0) is 6.42 Å². The lowest BCUT2D eigenvalue weighted by atomic mass is 10.0. The Hall–Kier alpha value is -1.02. The number of hydrogen-bond acceptors (Lipinski definition) is 2. The smallest absolute Gasteiger partial charge is 0.127 e.